The van der Waals surface area contributed by atoms with E-state index in [9.17, 15) is 17.6 Å². The normalized spacial score (nSPS) is 12.2. The Bertz CT molecular complexity index is 598. The molecule has 0 heterocycles. The average Bonchev–Trinajstić information content (AvgIpc) is 2.41. The summed E-state index contributed by atoms with van der Waals surface area (Å²) in [6.45, 7) is -0.275. The van der Waals surface area contributed by atoms with Crippen LogP contribution in [-0.4, -0.2) is 6.61 Å². The lowest BCUT2D eigenvalue weighted by Gasteiger charge is -2.14. The van der Waals surface area contributed by atoms with Crippen LogP contribution in [0.3, 0.4) is 0 Å². The van der Waals surface area contributed by atoms with Crippen LogP contribution in [0.5, 0.6) is 5.75 Å². The molecule has 20 heavy (non-hydrogen) atoms. The molecule has 0 amide bonds. The number of para-hydroxylation sites is 1. The minimum Gasteiger partial charge on any atom is -0.486 e. The van der Waals surface area contributed by atoms with Gasteiger partial charge in [-0.05, 0) is 29.8 Å². The van der Waals surface area contributed by atoms with Crippen molar-refractivity contribution >= 4 is 0 Å². The van der Waals surface area contributed by atoms with Crippen LogP contribution in [0.1, 0.15) is 11.6 Å². The first-order chi connectivity index (χ1) is 9.49. The van der Waals surface area contributed by atoms with Crippen molar-refractivity contribution in [3.63, 3.8) is 0 Å². The van der Waals surface area contributed by atoms with Gasteiger partial charge in [0.05, 0.1) is 6.04 Å². The molecule has 0 fully saturated rings. The van der Waals surface area contributed by atoms with E-state index in [0.29, 0.717) is 0 Å². The summed E-state index contributed by atoms with van der Waals surface area (Å²) >= 11 is 0. The van der Waals surface area contributed by atoms with Gasteiger partial charge in [-0.25, -0.2) is 17.6 Å². The Labute approximate surface area is 112 Å². The second-order valence-electron chi connectivity index (χ2n) is 4.14. The third-order valence-electron chi connectivity index (χ3n) is 2.70. The summed E-state index contributed by atoms with van der Waals surface area (Å²) in [5, 5.41) is 0. The highest BCUT2D eigenvalue weighted by atomic mass is 19.2. The molecule has 0 radical (unpaired) electrons. The van der Waals surface area contributed by atoms with Gasteiger partial charge in [-0.1, -0.05) is 12.1 Å². The second kappa shape index (κ2) is 5.92. The van der Waals surface area contributed by atoms with Crippen molar-refractivity contribution in [1.29, 1.82) is 0 Å². The van der Waals surface area contributed by atoms with E-state index < -0.39 is 35.1 Å². The monoisotopic (exact) mass is 285 g/mol. The quantitative estimate of drug-likeness (QED) is 0.875. The molecule has 1 atom stereocenters. The number of nitrogens with two attached hydrogens (primary N) is 1. The van der Waals surface area contributed by atoms with Crippen LogP contribution in [0, 0.1) is 23.3 Å². The van der Waals surface area contributed by atoms with Gasteiger partial charge in [0.1, 0.15) is 6.61 Å². The predicted molar refractivity (Wildman–Crippen MR) is 65.1 cm³/mol. The molecule has 106 valence electrons. The average molecular weight is 285 g/mol. The predicted octanol–water partition coefficient (Wildman–Crippen LogP) is 3.32. The van der Waals surface area contributed by atoms with E-state index in [1.54, 1.807) is 0 Å². The minimum absolute atomic E-state index is 0.264. The van der Waals surface area contributed by atoms with Crippen LogP contribution in [-0.2, 0) is 0 Å². The van der Waals surface area contributed by atoms with Gasteiger partial charge in [0.15, 0.2) is 29.0 Å². The maximum atomic E-state index is 13.3. The Kier molecular flexibility index (Phi) is 4.24. The first-order valence-electron chi connectivity index (χ1n) is 5.76. The summed E-state index contributed by atoms with van der Waals surface area (Å²) < 4.78 is 57.4. The zero-order valence-corrected chi connectivity index (χ0v) is 10.2. The number of halogens is 4. The number of hydrogen-bond acceptors (Lipinski definition) is 2. The van der Waals surface area contributed by atoms with Crippen molar-refractivity contribution in [1.82, 2.24) is 0 Å². The van der Waals surface area contributed by atoms with E-state index >= 15 is 0 Å². The van der Waals surface area contributed by atoms with E-state index in [-0.39, 0.29) is 12.2 Å². The largest absolute Gasteiger partial charge is 0.486 e. The van der Waals surface area contributed by atoms with Gasteiger partial charge >= 0.3 is 0 Å². The Morgan fingerprint density at radius 1 is 0.900 bits per heavy atom. The van der Waals surface area contributed by atoms with E-state index in [2.05, 4.69) is 0 Å². The summed E-state index contributed by atoms with van der Waals surface area (Å²) in [5.74, 6) is -4.31. The number of hydrogen-bond donors (Lipinski definition) is 1. The van der Waals surface area contributed by atoms with Crippen molar-refractivity contribution in [2.24, 2.45) is 5.73 Å². The zero-order chi connectivity index (χ0) is 14.7. The van der Waals surface area contributed by atoms with Crippen LogP contribution in [0.2, 0.25) is 0 Å². The summed E-state index contributed by atoms with van der Waals surface area (Å²) in [4.78, 5) is 0. The lowest BCUT2D eigenvalue weighted by molar-refractivity contribution is 0.263. The van der Waals surface area contributed by atoms with Crippen LogP contribution < -0.4 is 10.5 Å². The van der Waals surface area contributed by atoms with E-state index in [4.69, 9.17) is 10.5 Å². The third-order valence-corrected chi connectivity index (χ3v) is 2.70. The molecule has 0 aliphatic heterocycles. The molecule has 0 bridgehead atoms. The molecule has 0 aromatic heterocycles. The lowest BCUT2D eigenvalue weighted by Crippen LogP contribution is -2.20. The second-order valence-corrected chi connectivity index (χ2v) is 4.14. The first-order valence-corrected chi connectivity index (χ1v) is 5.76. The van der Waals surface area contributed by atoms with Crippen LogP contribution in [0.25, 0.3) is 0 Å². The fourth-order valence-corrected chi connectivity index (χ4v) is 1.63. The SMILES string of the molecule is NC(COc1c(F)cccc1F)c1ccc(F)c(F)c1. The lowest BCUT2D eigenvalue weighted by atomic mass is 10.1. The Balaban J connectivity index is 2.08. The van der Waals surface area contributed by atoms with Crippen molar-refractivity contribution in [3.05, 3.63) is 65.2 Å². The minimum atomic E-state index is -1.05. The number of rotatable bonds is 4. The highest BCUT2D eigenvalue weighted by Gasteiger charge is 2.14. The molecule has 0 spiro atoms. The van der Waals surface area contributed by atoms with Gasteiger partial charge in [0.25, 0.3) is 0 Å². The van der Waals surface area contributed by atoms with Crippen molar-refractivity contribution in [2.75, 3.05) is 6.61 Å². The van der Waals surface area contributed by atoms with Gasteiger partial charge in [-0.3, -0.25) is 0 Å². The zero-order valence-electron chi connectivity index (χ0n) is 10.2. The molecular formula is C14H11F4NO. The molecule has 0 saturated heterocycles. The van der Waals surface area contributed by atoms with E-state index in [0.717, 1.165) is 24.3 Å². The third kappa shape index (κ3) is 3.08. The Morgan fingerprint density at radius 3 is 2.15 bits per heavy atom. The van der Waals surface area contributed by atoms with Gasteiger partial charge in [0, 0.05) is 0 Å². The van der Waals surface area contributed by atoms with Crippen LogP contribution in [0.4, 0.5) is 17.6 Å². The molecule has 2 N–H and O–H groups in total. The van der Waals surface area contributed by atoms with Gasteiger partial charge in [-0.2, -0.15) is 0 Å². The maximum absolute atomic E-state index is 13.3. The summed E-state index contributed by atoms with van der Waals surface area (Å²) in [6, 6.07) is 5.57. The summed E-state index contributed by atoms with van der Waals surface area (Å²) in [6.07, 6.45) is 0. The van der Waals surface area contributed by atoms with Crippen LogP contribution >= 0.6 is 0 Å². The smallest absolute Gasteiger partial charge is 0.190 e. The highest BCUT2D eigenvalue weighted by molar-refractivity contribution is 5.27. The molecule has 2 aromatic rings. The molecule has 0 saturated carbocycles. The molecule has 2 rings (SSSR count). The van der Waals surface area contributed by atoms with Gasteiger partial charge in [-0.15, -0.1) is 0 Å². The summed E-state index contributed by atoms with van der Waals surface area (Å²) in [7, 11) is 0. The Hall–Kier alpha value is -2.08. The van der Waals surface area contributed by atoms with E-state index in [1.807, 2.05) is 0 Å². The number of ether oxygens (including phenoxy) is 1. The molecule has 2 nitrogen and oxygen atoms in total. The van der Waals surface area contributed by atoms with E-state index in [1.165, 1.54) is 12.1 Å². The molecule has 6 heteroatoms. The topological polar surface area (TPSA) is 35.2 Å². The summed E-state index contributed by atoms with van der Waals surface area (Å²) in [5.41, 5.74) is 5.97. The maximum Gasteiger partial charge on any atom is 0.190 e. The van der Waals surface area contributed by atoms with Crippen molar-refractivity contribution < 1.29 is 22.3 Å². The molecule has 1 unspecified atom stereocenters. The fourth-order valence-electron chi connectivity index (χ4n) is 1.63. The van der Waals surface area contributed by atoms with Gasteiger partial charge in [0.2, 0.25) is 0 Å². The van der Waals surface area contributed by atoms with Crippen molar-refractivity contribution in [3.8, 4) is 5.75 Å². The molecule has 0 aliphatic carbocycles. The molecule has 2 aromatic carbocycles. The standard InChI is InChI=1S/C14H11F4NO/c15-9-5-4-8(6-12(9)18)13(19)7-20-14-10(16)2-1-3-11(14)17/h1-6,13H,7,19H2. The fraction of sp³-hybridized carbons (Fsp3) is 0.143. The Morgan fingerprint density at radius 2 is 1.55 bits per heavy atom. The van der Waals surface area contributed by atoms with Crippen molar-refractivity contribution in [2.45, 2.75) is 6.04 Å². The first kappa shape index (κ1) is 14.3. The number of benzene rings is 2. The molecular weight excluding hydrogens is 274 g/mol. The highest BCUT2D eigenvalue weighted by Crippen LogP contribution is 2.22. The van der Waals surface area contributed by atoms with Crippen LogP contribution in [0.15, 0.2) is 36.4 Å². The molecule has 0 aliphatic rings. The van der Waals surface area contributed by atoms with Gasteiger partial charge < -0.3 is 10.5 Å².